The van der Waals surface area contributed by atoms with Crippen molar-refractivity contribution < 1.29 is 9.47 Å². The number of anilines is 1. The first-order valence-corrected chi connectivity index (χ1v) is 9.07. The van der Waals surface area contributed by atoms with Crippen LogP contribution in [-0.4, -0.2) is 34.4 Å². The quantitative estimate of drug-likeness (QED) is 0.702. The summed E-state index contributed by atoms with van der Waals surface area (Å²) >= 11 is 12.3. The monoisotopic (exact) mass is 405 g/mol. The van der Waals surface area contributed by atoms with E-state index in [-0.39, 0.29) is 12.1 Å². The molecule has 0 spiro atoms. The summed E-state index contributed by atoms with van der Waals surface area (Å²) in [7, 11) is 3.24. The maximum absolute atomic E-state index is 6.22. The van der Waals surface area contributed by atoms with Gasteiger partial charge in [-0.05, 0) is 52.2 Å². The minimum Gasteiger partial charge on any atom is -0.493 e. The molecule has 4 rings (SSSR count). The normalized spacial score (nSPS) is 18.5. The van der Waals surface area contributed by atoms with Gasteiger partial charge in [0, 0.05) is 0 Å². The Hall–Kier alpha value is -2.51. The fourth-order valence-corrected chi connectivity index (χ4v) is 3.63. The van der Waals surface area contributed by atoms with Crippen molar-refractivity contribution in [3.8, 4) is 11.5 Å². The highest BCUT2D eigenvalue weighted by Crippen LogP contribution is 2.40. The van der Waals surface area contributed by atoms with Gasteiger partial charge in [-0.25, -0.2) is 4.68 Å². The van der Waals surface area contributed by atoms with Gasteiger partial charge >= 0.3 is 0 Å². The van der Waals surface area contributed by atoms with Crippen molar-refractivity contribution in [2.24, 2.45) is 0 Å². The molecule has 2 unspecified atom stereocenters. The minimum absolute atomic E-state index is 0.0113. The van der Waals surface area contributed by atoms with Crippen molar-refractivity contribution in [3.05, 3.63) is 57.6 Å². The van der Waals surface area contributed by atoms with Gasteiger partial charge in [-0.1, -0.05) is 40.4 Å². The van der Waals surface area contributed by atoms with Crippen LogP contribution >= 0.6 is 23.2 Å². The summed E-state index contributed by atoms with van der Waals surface area (Å²) in [5.41, 5.74) is 2.04. The number of nitrogens with one attached hydrogen (secondary N) is 1. The first-order chi connectivity index (χ1) is 13.1. The molecule has 27 heavy (non-hydrogen) atoms. The zero-order valence-electron chi connectivity index (χ0n) is 14.7. The first kappa shape index (κ1) is 17.9. The van der Waals surface area contributed by atoms with Crippen LogP contribution in [0.3, 0.4) is 0 Å². The Morgan fingerprint density at radius 1 is 1.00 bits per heavy atom. The van der Waals surface area contributed by atoms with E-state index in [1.807, 2.05) is 30.3 Å². The number of hydrogen-bond donors (Lipinski definition) is 1. The van der Waals surface area contributed by atoms with E-state index in [1.165, 1.54) is 0 Å². The minimum atomic E-state index is -0.0795. The van der Waals surface area contributed by atoms with Crippen molar-refractivity contribution in [1.29, 1.82) is 0 Å². The molecule has 140 valence electrons. The molecule has 2 atom stereocenters. The van der Waals surface area contributed by atoms with Gasteiger partial charge in [-0.15, -0.1) is 0 Å². The highest BCUT2D eigenvalue weighted by atomic mass is 35.5. The molecule has 0 aliphatic carbocycles. The molecule has 1 aliphatic heterocycles. The summed E-state index contributed by atoms with van der Waals surface area (Å²) in [6.07, 6.45) is 0.728. The molecule has 1 aromatic heterocycles. The molecule has 0 radical (unpaired) electrons. The lowest BCUT2D eigenvalue weighted by Crippen LogP contribution is -2.28. The largest absolute Gasteiger partial charge is 0.493 e. The van der Waals surface area contributed by atoms with Crippen LogP contribution in [0, 0.1) is 0 Å². The van der Waals surface area contributed by atoms with Gasteiger partial charge in [0.1, 0.15) is 0 Å². The maximum Gasteiger partial charge on any atom is 0.243 e. The Kier molecular flexibility index (Phi) is 4.80. The summed E-state index contributed by atoms with van der Waals surface area (Å²) in [5.74, 6) is 1.95. The molecule has 7 nitrogen and oxygen atoms in total. The molecule has 0 saturated carbocycles. The molecular formula is C18H17Cl2N5O2. The van der Waals surface area contributed by atoms with Crippen LogP contribution in [0.2, 0.25) is 10.0 Å². The Morgan fingerprint density at radius 3 is 2.52 bits per heavy atom. The molecule has 2 aromatic carbocycles. The topological polar surface area (TPSA) is 74.1 Å². The number of hydrogen-bond acceptors (Lipinski definition) is 6. The van der Waals surface area contributed by atoms with E-state index >= 15 is 0 Å². The Labute approximate surface area is 166 Å². The van der Waals surface area contributed by atoms with Crippen LogP contribution in [-0.2, 0) is 0 Å². The number of aromatic nitrogens is 4. The van der Waals surface area contributed by atoms with Crippen LogP contribution in [0.1, 0.15) is 29.6 Å². The van der Waals surface area contributed by atoms with E-state index in [4.69, 9.17) is 32.7 Å². The number of tetrazole rings is 1. The number of benzene rings is 2. The van der Waals surface area contributed by atoms with Crippen molar-refractivity contribution in [2.75, 3.05) is 19.5 Å². The molecule has 1 aliphatic rings. The SMILES string of the molecule is COc1ccc(C2CC(c3ccc(Cl)c(Cl)c3)n3nnnc3N2)cc1OC. The highest BCUT2D eigenvalue weighted by molar-refractivity contribution is 6.42. The standard InChI is InChI=1S/C18H17Cl2N5O2/c1-26-16-6-4-10(8-17(16)27-2)14-9-15(25-18(21-14)22-23-24-25)11-3-5-12(19)13(20)7-11/h3-8,14-15H,9H2,1-2H3,(H,21,22,24). The maximum atomic E-state index is 6.22. The lowest BCUT2D eigenvalue weighted by molar-refractivity contribution is 0.353. The van der Waals surface area contributed by atoms with E-state index in [2.05, 4.69) is 20.8 Å². The molecule has 0 fully saturated rings. The van der Waals surface area contributed by atoms with Crippen molar-refractivity contribution >= 4 is 29.2 Å². The molecule has 3 aromatic rings. The van der Waals surface area contributed by atoms with Crippen LogP contribution in [0.15, 0.2) is 36.4 Å². The molecule has 1 N–H and O–H groups in total. The number of fused-ring (bicyclic) bond motifs is 1. The lowest BCUT2D eigenvalue weighted by Gasteiger charge is -2.31. The third-order valence-corrected chi connectivity index (χ3v) is 5.43. The molecule has 0 saturated heterocycles. The second-order valence-electron chi connectivity index (χ2n) is 6.18. The van der Waals surface area contributed by atoms with Gasteiger partial charge in [0.15, 0.2) is 11.5 Å². The van der Waals surface area contributed by atoms with Crippen molar-refractivity contribution in [3.63, 3.8) is 0 Å². The first-order valence-electron chi connectivity index (χ1n) is 8.32. The molecular weight excluding hydrogens is 389 g/mol. The van der Waals surface area contributed by atoms with E-state index < -0.39 is 0 Å². The Bertz CT molecular complexity index is 978. The van der Waals surface area contributed by atoms with Crippen molar-refractivity contribution in [1.82, 2.24) is 20.2 Å². The Balaban J connectivity index is 1.72. The number of rotatable bonds is 4. The zero-order valence-corrected chi connectivity index (χ0v) is 16.2. The summed E-state index contributed by atoms with van der Waals surface area (Å²) in [6, 6.07) is 11.4. The molecule has 0 bridgehead atoms. The van der Waals surface area contributed by atoms with Crippen LogP contribution in [0.25, 0.3) is 0 Å². The number of halogens is 2. The van der Waals surface area contributed by atoms with Gasteiger partial charge in [-0.3, -0.25) is 0 Å². The average molecular weight is 406 g/mol. The van der Waals surface area contributed by atoms with Gasteiger partial charge in [0.05, 0.1) is 36.3 Å². The van der Waals surface area contributed by atoms with Gasteiger partial charge in [0.25, 0.3) is 0 Å². The fraction of sp³-hybridized carbons (Fsp3) is 0.278. The molecule has 9 heteroatoms. The van der Waals surface area contributed by atoms with Crippen LogP contribution in [0.4, 0.5) is 5.95 Å². The second-order valence-corrected chi connectivity index (χ2v) is 7.00. The van der Waals surface area contributed by atoms with Crippen LogP contribution in [0.5, 0.6) is 11.5 Å². The van der Waals surface area contributed by atoms with Gasteiger partial charge < -0.3 is 14.8 Å². The number of ether oxygens (including phenoxy) is 2. The van der Waals surface area contributed by atoms with Crippen molar-refractivity contribution in [2.45, 2.75) is 18.5 Å². The Morgan fingerprint density at radius 2 is 1.78 bits per heavy atom. The predicted molar refractivity (Wildman–Crippen MR) is 103 cm³/mol. The van der Waals surface area contributed by atoms with E-state index in [0.29, 0.717) is 27.5 Å². The van der Waals surface area contributed by atoms with Gasteiger partial charge in [0.2, 0.25) is 5.95 Å². The molecule has 0 amide bonds. The third kappa shape index (κ3) is 3.28. The summed E-state index contributed by atoms with van der Waals surface area (Å²) in [5, 5.41) is 16.4. The van der Waals surface area contributed by atoms with Gasteiger partial charge in [-0.2, -0.15) is 0 Å². The summed E-state index contributed by atoms with van der Waals surface area (Å²) in [6.45, 7) is 0. The van der Waals surface area contributed by atoms with E-state index in [1.54, 1.807) is 25.0 Å². The summed E-state index contributed by atoms with van der Waals surface area (Å²) < 4.78 is 12.5. The lowest BCUT2D eigenvalue weighted by atomic mass is 9.93. The second kappa shape index (κ2) is 7.25. The highest BCUT2D eigenvalue weighted by Gasteiger charge is 2.31. The predicted octanol–water partition coefficient (Wildman–Crippen LogP) is 4.14. The van der Waals surface area contributed by atoms with E-state index in [0.717, 1.165) is 17.5 Å². The third-order valence-electron chi connectivity index (χ3n) is 4.69. The number of nitrogens with zero attached hydrogens (tertiary/aromatic N) is 4. The number of methoxy groups -OCH3 is 2. The summed E-state index contributed by atoms with van der Waals surface area (Å²) in [4.78, 5) is 0. The zero-order chi connectivity index (χ0) is 19.0. The van der Waals surface area contributed by atoms with Crippen LogP contribution < -0.4 is 14.8 Å². The molecule has 2 heterocycles. The fourth-order valence-electron chi connectivity index (χ4n) is 3.32. The average Bonchev–Trinajstić information content (AvgIpc) is 3.17. The smallest absolute Gasteiger partial charge is 0.243 e. The van der Waals surface area contributed by atoms with E-state index in [9.17, 15) is 0 Å².